The molecule has 30 heavy (non-hydrogen) atoms. The molecule has 1 heterocycles. The van der Waals surface area contributed by atoms with Crippen LogP contribution < -0.4 is 10.6 Å². The molecule has 1 saturated heterocycles. The van der Waals surface area contributed by atoms with Crippen LogP contribution in [0.5, 0.6) is 0 Å². The highest BCUT2D eigenvalue weighted by Gasteiger charge is 2.14. The van der Waals surface area contributed by atoms with Gasteiger partial charge in [0.1, 0.15) is 5.82 Å². The fourth-order valence-corrected chi connectivity index (χ4v) is 3.32. The van der Waals surface area contributed by atoms with Crippen molar-refractivity contribution in [2.24, 2.45) is 4.99 Å². The van der Waals surface area contributed by atoms with E-state index in [-0.39, 0.29) is 11.9 Å². The van der Waals surface area contributed by atoms with Gasteiger partial charge in [-0.25, -0.2) is 9.38 Å². The van der Waals surface area contributed by atoms with Gasteiger partial charge < -0.3 is 20.1 Å². The van der Waals surface area contributed by atoms with Crippen LogP contribution in [0.1, 0.15) is 42.0 Å². The topological polar surface area (TPSA) is 54.9 Å². The Balaban J connectivity index is 1.54. The van der Waals surface area contributed by atoms with Crippen LogP contribution >= 0.6 is 0 Å². The number of hydrogen-bond donors (Lipinski definition) is 2. The first-order valence-corrected chi connectivity index (χ1v) is 10.7. The number of aryl methyl sites for hydroxylation is 1. The average molecular weight is 414 g/mol. The summed E-state index contributed by atoms with van der Waals surface area (Å²) in [5, 5.41) is 6.51. The van der Waals surface area contributed by atoms with E-state index in [1.807, 2.05) is 19.1 Å². The van der Waals surface area contributed by atoms with Gasteiger partial charge in [0, 0.05) is 26.3 Å². The predicted octanol–water partition coefficient (Wildman–Crippen LogP) is 4.09. The molecule has 0 atom stereocenters. The van der Waals surface area contributed by atoms with Gasteiger partial charge in [-0.2, -0.15) is 0 Å². The molecule has 0 amide bonds. The van der Waals surface area contributed by atoms with E-state index in [9.17, 15) is 4.39 Å². The second-order valence-corrected chi connectivity index (χ2v) is 7.57. The molecule has 0 saturated carbocycles. The number of halogens is 1. The lowest BCUT2D eigenvalue weighted by Gasteiger charge is -2.22. The van der Waals surface area contributed by atoms with Gasteiger partial charge in [-0.3, -0.25) is 0 Å². The Hall–Kier alpha value is -2.44. The molecule has 0 aliphatic carbocycles. The molecule has 1 aliphatic rings. The molecule has 3 rings (SSSR count). The standard InChI is InChI=1S/C24H32FN3O2/c1-3-26-24(28-16-20-8-7-18(2)23(25)14-20)27-15-19-5-4-6-21(13-19)17-30-22-9-11-29-12-10-22/h4-8,13-14,22H,3,9-12,15-17H2,1-2H3,(H2,26,27,28). The molecule has 2 aromatic rings. The molecule has 162 valence electrons. The van der Waals surface area contributed by atoms with E-state index >= 15 is 0 Å². The minimum Gasteiger partial charge on any atom is -0.381 e. The van der Waals surface area contributed by atoms with Crippen LogP contribution in [-0.4, -0.2) is 31.8 Å². The maximum atomic E-state index is 13.8. The third-order valence-electron chi connectivity index (χ3n) is 5.11. The molecular formula is C24H32FN3O2. The van der Waals surface area contributed by atoms with Gasteiger partial charge in [-0.05, 0) is 55.0 Å². The summed E-state index contributed by atoms with van der Waals surface area (Å²) in [6.07, 6.45) is 2.22. The van der Waals surface area contributed by atoms with E-state index in [1.165, 1.54) is 0 Å². The van der Waals surface area contributed by atoms with Crippen molar-refractivity contribution >= 4 is 5.96 Å². The monoisotopic (exact) mass is 413 g/mol. The Morgan fingerprint density at radius 2 is 1.90 bits per heavy atom. The zero-order valence-electron chi connectivity index (χ0n) is 17.9. The number of guanidine groups is 1. The maximum absolute atomic E-state index is 13.8. The van der Waals surface area contributed by atoms with E-state index in [4.69, 9.17) is 9.47 Å². The van der Waals surface area contributed by atoms with E-state index in [2.05, 4.69) is 33.8 Å². The number of rotatable bonds is 8. The SMILES string of the molecule is CCNC(=NCc1cccc(COC2CCOCC2)c1)NCc1ccc(C)c(F)c1. The molecular weight excluding hydrogens is 381 g/mol. The fraction of sp³-hybridized carbons (Fsp3) is 0.458. The Bertz CT molecular complexity index is 835. The van der Waals surface area contributed by atoms with Gasteiger partial charge in [-0.15, -0.1) is 0 Å². The Morgan fingerprint density at radius 3 is 2.67 bits per heavy atom. The number of hydrogen-bond acceptors (Lipinski definition) is 3. The number of nitrogens with one attached hydrogen (secondary N) is 2. The average Bonchev–Trinajstić information content (AvgIpc) is 2.77. The lowest BCUT2D eigenvalue weighted by Crippen LogP contribution is -2.36. The van der Waals surface area contributed by atoms with E-state index < -0.39 is 0 Å². The Morgan fingerprint density at radius 1 is 1.10 bits per heavy atom. The number of benzene rings is 2. The summed E-state index contributed by atoms with van der Waals surface area (Å²) in [6.45, 7) is 7.80. The lowest BCUT2D eigenvalue weighted by atomic mass is 10.1. The maximum Gasteiger partial charge on any atom is 0.191 e. The van der Waals surface area contributed by atoms with E-state index in [0.29, 0.717) is 31.2 Å². The summed E-state index contributed by atoms with van der Waals surface area (Å²) in [5.41, 5.74) is 3.82. The van der Waals surface area contributed by atoms with Crippen molar-refractivity contribution in [3.63, 3.8) is 0 Å². The van der Waals surface area contributed by atoms with Gasteiger partial charge in [0.15, 0.2) is 5.96 Å². The third kappa shape index (κ3) is 7.11. The molecule has 2 aromatic carbocycles. The highest BCUT2D eigenvalue weighted by atomic mass is 19.1. The zero-order valence-corrected chi connectivity index (χ0v) is 17.9. The van der Waals surface area contributed by atoms with Crippen LogP contribution in [0.3, 0.4) is 0 Å². The molecule has 0 aromatic heterocycles. The summed E-state index contributed by atoms with van der Waals surface area (Å²) in [7, 11) is 0. The Kier molecular flexibility index (Phi) is 8.66. The van der Waals surface area contributed by atoms with E-state index in [0.717, 1.165) is 49.3 Å². The molecule has 5 nitrogen and oxygen atoms in total. The van der Waals surface area contributed by atoms with Crippen LogP contribution in [0.25, 0.3) is 0 Å². The normalized spacial score (nSPS) is 15.2. The smallest absolute Gasteiger partial charge is 0.191 e. The first kappa shape index (κ1) is 22.2. The van der Waals surface area contributed by atoms with Gasteiger partial charge in [0.2, 0.25) is 0 Å². The van der Waals surface area contributed by atoms with Gasteiger partial charge in [0.25, 0.3) is 0 Å². The quantitative estimate of drug-likeness (QED) is 0.506. The summed E-state index contributed by atoms with van der Waals surface area (Å²) < 4.78 is 25.2. The van der Waals surface area contributed by atoms with Crippen molar-refractivity contribution in [2.45, 2.75) is 52.5 Å². The minimum atomic E-state index is -0.184. The zero-order chi connectivity index (χ0) is 21.2. The highest BCUT2D eigenvalue weighted by Crippen LogP contribution is 2.15. The highest BCUT2D eigenvalue weighted by molar-refractivity contribution is 5.79. The van der Waals surface area contributed by atoms with Crippen molar-refractivity contribution in [1.82, 2.24) is 10.6 Å². The van der Waals surface area contributed by atoms with Crippen LogP contribution in [-0.2, 0) is 29.2 Å². The van der Waals surface area contributed by atoms with Crippen molar-refractivity contribution in [3.8, 4) is 0 Å². The molecule has 6 heteroatoms. The molecule has 2 N–H and O–H groups in total. The Labute approximate surface area is 178 Å². The largest absolute Gasteiger partial charge is 0.381 e. The fourth-order valence-electron chi connectivity index (χ4n) is 3.32. The van der Waals surface area contributed by atoms with E-state index in [1.54, 1.807) is 19.1 Å². The first-order valence-electron chi connectivity index (χ1n) is 10.7. The van der Waals surface area contributed by atoms with Crippen molar-refractivity contribution < 1.29 is 13.9 Å². The second-order valence-electron chi connectivity index (χ2n) is 7.57. The van der Waals surface area contributed by atoms with Gasteiger partial charge in [0.05, 0.1) is 19.3 Å². The molecule has 0 unspecified atom stereocenters. The van der Waals surface area contributed by atoms with Crippen LogP contribution in [0.2, 0.25) is 0 Å². The van der Waals surface area contributed by atoms with Crippen LogP contribution in [0.15, 0.2) is 47.5 Å². The first-order chi connectivity index (χ1) is 14.6. The lowest BCUT2D eigenvalue weighted by molar-refractivity contribution is -0.0390. The number of nitrogens with zero attached hydrogens (tertiary/aromatic N) is 1. The van der Waals surface area contributed by atoms with Gasteiger partial charge in [-0.1, -0.05) is 36.4 Å². The number of aliphatic imine (C=N–C) groups is 1. The van der Waals surface area contributed by atoms with Crippen molar-refractivity contribution in [3.05, 3.63) is 70.5 Å². The summed E-state index contributed by atoms with van der Waals surface area (Å²) >= 11 is 0. The molecule has 0 spiro atoms. The number of ether oxygens (including phenoxy) is 2. The van der Waals surface area contributed by atoms with Crippen molar-refractivity contribution in [1.29, 1.82) is 0 Å². The van der Waals surface area contributed by atoms with Crippen molar-refractivity contribution in [2.75, 3.05) is 19.8 Å². The molecule has 1 aliphatic heterocycles. The van der Waals surface area contributed by atoms with Crippen LogP contribution in [0, 0.1) is 12.7 Å². The van der Waals surface area contributed by atoms with Crippen LogP contribution in [0.4, 0.5) is 4.39 Å². The van der Waals surface area contributed by atoms with Gasteiger partial charge >= 0.3 is 0 Å². The predicted molar refractivity (Wildman–Crippen MR) is 118 cm³/mol. The molecule has 1 fully saturated rings. The summed E-state index contributed by atoms with van der Waals surface area (Å²) in [6, 6.07) is 13.6. The molecule has 0 bridgehead atoms. The summed E-state index contributed by atoms with van der Waals surface area (Å²) in [4.78, 5) is 4.67. The molecule has 0 radical (unpaired) electrons. The minimum absolute atomic E-state index is 0.184. The second kappa shape index (κ2) is 11.7. The summed E-state index contributed by atoms with van der Waals surface area (Å²) in [5.74, 6) is 0.526. The third-order valence-corrected chi connectivity index (χ3v) is 5.11.